The van der Waals surface area contributed by atoms with Gasteiger partial charge in [-0.1, -0.05) is 23.7 Å². The molecule has 2 rings (SSSR count). The van der Waals surface area contributed by atoms with E-state index in [-0.39, 0.29) is 6.04 Å². The summed E-state index contributed by atoms with van der Waals surface area (Å²) in [5.41, 5.74) is 8.17. The van der Waals surface area contributed by atoms with Crippen molar-refractivity contribution in [2.24, 2.45) is 12.8 Å². The number of aryl methyl sites for hydroxylation is 2. The first-order valence-electron chi connectivity index (χ1n) is 5.08. The molecule has 0 bridgehead atoms. The van der Waals surface area contributed by atoms with Crippen LogP contribution in [0.15, 0.2) is 30.6 Å². The summed E-state index contributed by atoms with van der Waals surface area (Å²) in [4.78, 5) is 4.23. The lowest BCUT2D eigenvalue weighted by Crippen LogP contribution is -2.17. The molecule has 0 saturated heterocycles. The van der Waals surface area contributed by atoms with Crippen LogP contribution in [-0.4, -0.2) is 9.55 Å². The quantitative estimate of drug-likeness (QED) is 0.869. The van der Waals surface area contributed by atoms with Crippen molar-refractivity contribution < 1.29 is 0 Å². The van der Waals surface area contributed by atoms with Crippen LogP contribution in [0.1, 0.15) is 23.0 Å². The van der Waals surface area contributed by atoms with E-state index in [1.54, 1.807) is 6.20 Å². The normalized spacial score (nSPS) is 12.8. The number of hydrogen-bond acceptors (Lipinski definition) is 2. The van der Waals surface area contributed by atoms with E-state index in [1.807, 2.05) is 42.9 Å². The minimum atomic E-state index is -0.284. The molecule has 1 unspecified atom stereocenters. The second kappa shape index (κ2) is 4.28. The van der Waals surface area contributed by atoms with E-state index in [4.69, 9.17) is 17.3 Å². The Hall–Kier alpha value is -1.32. The Balaban J connectivity index is 2.41. The molecule has 1 aromatic carbocycles. The van der Waals surface area contributed by atoms with Gasteiger partial charge in [0, 0.05) is 24.5 Å². The average molecular weight is 236 g/mol. The maximum Gasteiger partial charge on any atom is 0.130 e. The smallest absolute Gasteiger partial charge is 0.130 e. The Kier molecular flexibility index (Phi) is 2.99. The van der Waals surface area contributed by atoms with E-state index in [0.717, 1.165) is 17.0 Å². The second-order valence-electron chi connectivity index (χ2n) is 3.90. The third kappa shape index (κ3) is 1.96. The van der Waals surface area contributed by atoms with Crippen molar-refractivity contribution in [3.8, 4) is 0 Å². The summed E-state index contributed by atoms with van der Waals surface area (Å²) in [5.74, 6) is 0.811. The molecule has 0 aliphatic carbocycles. The predicted molar refractivity (Wildman–Crippen MR) is 65.4 cm³/mol. The van der Waals surface area contributed by atoms with Crippen molar-refractivity contribution in [1.29, 1.82) is 0 Å². The van der Waals surface area contributed by atoms with Gasteiger partial charge in [-0.3, -0.25) is 0 Å². The van der Waals surface area contributed by atoms with Gasteiger partial charge in [0.25, 0.3) is 0 Å². The summed E-state index contributed by atoms with van der Waals surface area (Å²) in [6, 6.07) is 5.59. The predicted octanol–water partition coefficient (Wildman–Crippen LogP) is 2.43. The Bertz CT molecular complexity index is 505. The van der Waals surface area contributed by atoms with Crippen LogP contribution in [0.3, 0.4) is 0 Å². The molecular formula is C12H14ClN3. The average Bonchev–Trinajstić information content (AvgIpc) is 2.63. The molecule has 84 valence electrons. The lowest BCUT2D eigenvalue weighted by Gasteiger charge is -2.14. The molecule has 1 atom stereocenters. The van der Waals surface area contributed by atoms with Gasteiger partial charge in [0.05, 0.1) is 6.04 Å². The number of halogens is 1. The Labute approximate surface area is 99.9 Å². The van der Waals surface area contributed by atoms with E-state index >= 15 is 0 Å². The molecule has 2 N–H and O–H groups in total. The maximum absolute atomic E-state index is 6.18. The fourth-order valence-electron chi connectivity index (χ4n) is 1.70. The number of nitrogens with zero attached hydrogens (tertiary/aromatic N) is 2. The Morgan fingerprint density at radius 3 is 2.75 bits per heavy atom. The van der Waals surface area contributed by atoms with E-state index in [1.165, 1.54) is 0 Å². The monoisotopic (exact) mass is 235 g/mol. The molecule has 0 saturated carbocycles. The Morgan fingerprint density at radius 1 is 1.44 bits per heavy atom. The number of rotatable bonds is 2. The van der Waals surface area contributed by atoms with E-state index < -0.39 is 0 Å². The highest BCUT2D eigenvalue weighted by atomic mass is 35.5. The van der Waals surface area contributed by atoms with Gasteiger partial charge in [-0.15, -0.1) is 0 Å². The molecule has 0 aliphatic rings. The zero-order valence-corrected chi connectivity index (χ0v) is 10.1. The summed E-state index contributed by atoms with van der Waals surface area (Å²) in [5, 5.41) is 0.690. The van der Waals surface area contributed by atoms with Gasteiger partial charge in [0.1, 0.15) is 5.82 Å². The summed E-state index contributed by atoms with van der Waals surface area (Å²) < 4.78 is 1.90. The lowest BCUT2D eigenvalue weighted by atomic mass is 10.1. The van der Waals surface area contributed by atoms with Crippen molar-refractivity contribution in [1.82, 2.24) is 9.55 Å². The van der Waals surface area contributed by atoms with Crippen LogP contribution in [0.2, 0.25) is 5.02 Å². The van der Waals surface area contributed by atoms with Crippen molar-refractivity contribution in [2.75, 3.05) is 0 Å². The van der Waals surface area contributed by atoms with Gasteiger partial charge in [0.15, 0.2) is 0 Å². The van der Waals surface area contributed by atoms with Gasteiger partial charge in [-0.05, 0) is 24.1 Å². The van der Waals surface area contributed by atoms with Crippen molar-refractivity contribution in [2.45, 2.75) is 13.0 Å². The van der Waals surface area contributed by atoms with Gasteiger partial charge in [0.2, 0.25) is 0 Å². The Morgan fingerprint density at radius 2 is 2.19 bits per heavy atom. The van der Waals surface area contributed by atoms with Crippen LogP contribution < -0.4 is 5.73 Å². The molecule has 0 amide bonds. The highest BCUT2D eigenvalue weighted by molar-refractivity contribution is 6.31. The van der Waals surface area contributed by atoms with Gasteiger partial charge in [-0.2, -0.15) is 0 Å². The number of imidazole rings is 1. The maximum atomic E-state index is 6.18. The first kappa shape index (κ1) is 11.2. The highest BCUT2D eigenvalue weighted by Crippen LogP contribution is 2.26. The van der Waals surface area contributed by atoms with Gasteiger partial charge in [-0.25, -0.2) is 4.98 Å². The van der Waals surface area contributed by atoms with Crippen molar-refractivity contribution >= 4 is 11.6 Å². The fraction of sp³-hybridized carbons (Fsp3) is 0.250. The standard InChI is InChI=1S/C12H14ClN3/c1-8-3-4-9(10(13)7-8)11(14)12-15-5-6-16(12)2/h3-7,11H,14H2,1-2H3. The first-order chi connectivity index (χ1) is 7.59. The minimum Gasteiger partial charge on any atom is -0.336 e. The van der Waals surface area contributed by atoms with Gasteiger partial charge < -0.3 is 10.3 Å². The molecule has 2 aromatic rings. The zero-order valence-electron chi connectivity index (χ0n) is 9.31. The molecule has 1 aromatic heterocycles. The molecule has 1 heterocycles. The van der Waals surface area contributed by atoms with Crippen LogP contribution in [0.4, 0.5) is 0 Å². The van der Waals surface area contributed by atoms with Crippen molar-refractivity contribution in [3.63, 3.8) is 0 Å². The van der Waals surface area contributed by atoms with E-state index in [2.05, 4.69) is 4.98 Å². The largest absolute Gasteiger partial charge is 0.336 e. The minimum absolute atomic E-state index is 0.284. The number of aromatic nitrogens is 2. The van der Waals surface area contributed by atoms with Crippen LogP contribution in [-0.2, 0) is 7.05 Å². The van der Waals surface area contributed by atoms with E-state index in [0.29, 0.717) is 5.02 Å². The fourth-order valence-corrected chi connectivity index (χ4v) is 2.05. The number of nitrogens with two attached hydrogens (primary N) is 1. The summed E-state index contributed by atoms with van der Waals surface area (Å²) in [7, 11) is 1.92. The summed E-state index contributed by atoms with van der Waals surface area (Å²) >= 11 is 6.18. The molecule has 0 aliphatic heterocycles. The second-order valence-corrected chi connectivity index (χ2v) is 4.31. The van der Waals surface area contributed by atoms with Crippen molar-refractivity contribution in [3.05, 3.63) is 52.6 Å². The third-order valence-corrected chi connectivity index (χ3v) is 2.95. The van der Waals surface area contributed by atoms with E-state index in [9.17, 15) is 0 Å². The topological polar surface area (TPSA) is 43.8 Å². The molecule has 0 fully saturated rings. The van der Waals surface area contributed by atoms with Crippen LogP contribution >= 0.6 is 11.6 Å². The molecule has 3 nitrogen and oxygen atoms in total. The molecule has 0 spiro atoms. The summed E-state index contributed by atoms with van der Waals surface area (Å²) in [6.45, 7) is 2.00. The molecule has 4 heteroatoms. The molecule has 0 radical (unpaired) electrons. The third-order valence-electron chi connectivity index (χ3n) is 2.63. The van der Waals surface area contributed by atoms with Gasteiger partial charge >= 0.3 is 0 Å². The zero-order chi connectivity index (χ0) is 11.7. The molecular weight excluding hydrogens is 222 g/mol. The number of benzene rings is 1. The first-order valence-corrected chi connectivity index (χ1v) is 5.46. The van der Waals surface area contributed by atoms with Crippen LogP contribution in [0.5, 0.6) is 0 Å². The lowest BCUT2D eigenvalue weighted by molar-refractivity contribution is 0.717. The highest BCUT2D eigenvalue weighted by Gasteiger charge is 2.15. The number of hydrogen-bond donors (Lipinski definition) is 1. The van der Waals surface area contributed by atoms with Crippen LogP contribution in [0, 0.1) is 6.92 Å². The summed E-state index contributed by atoms with van der Waals surface area (Å²) in [6.07, 6.45) is 3.61. The van der Waals surface area contributed by atoms with Crippen LogP contribution in [0.25, 0.3) is 0 Å². The SMILES string of the molecule is Cc1ccc(C(N)c2nccn2C)c(Cl)c1. The molecule has 16 heavy (non-hydrogen) atoms.